The summed E-state index contributed by atoms with van der Waals surface area (Å²) < 4.78 is 15.7. The smallest absolute Gasteiger partial charge is 0.228 e. The van der Waals surface area contributed by atoms with Gasteiger partial charge in [0, 0.05) is 67.0 Å². The molecule has 0 saturated carbocycles. The van der Waals surface area contributed by atoms with E-state index in [1.54, 1.807) is 0 Å². The van der Waals surface area contributed by atoms with Crippen molar-refractivity contribution in [3.05, 3.63) is 54.5 Å². The van der Waals surface area contributed by atoms with Gasteiger partial charge < -0.3 is 19.7 Å². The summed E-state index contributed by atoms with van der Waals surface area (Å²) in [5.41, 5.74) is 3.00. The molecule has 7 nitrogen and oxygen atoms in total. The lowest BCUT2D eigenvalue weighted by atomic mass is 10.1. The molecule has 3 fully saturated rings. The summed E-state index contributed by atoms with van der Waals surface area (Å²) >= 11 is 0. The largest absolute Gasteiger partial charge is 0.353 e. The molecule has 8 heteroatoms. The number of anilines is 2. The van der Waals surface area contributed by atoms with Gasteiger partial charge in [0.15, 0.2) is 0 Å². The second kappa shape index (κ2) is 8.96. The number of piperazine rings is 1. The third kappa shape index (κ3) is 3.85. The van der Waals surface area contributed by atoms with Gasteiger partial charge in [-0.25, -0.2) is 9.37 Å². The fraction of sp³-hybridized carbons (Fsp3) is 0.448. The van der Waals surface area contributed by atoms with E-state index in [1.165, 1.54) is 25.0 Å². The maximum Gasteiger partial charge on any atom is 0.228 e. The molecule has 0 radical (unpaired) electrons. The van der Waals surface area contributed by atoms with E-state index >= 15 is 0 Å². The van der Waals surface area contributed by atoms with Crippen molar-refractivity contribution < 1.29 is 4.39 Å². The van der Waals surface area contributed by atoms with E-state index in [4.69, 9.17) is 9.97 Å². The summed E-state index contributed by atoms with van der Waals surface area (Å²) in [5.74, 6) is 1.66. The van der Waals surface area contributed by atoms with Crippen LogP contribution < -0.4 is 15.1 Å². The third-order valence-electron chi connectivity index (χ3n) is 8.60. The van der Waals surface area contributed by atoms with Crippen LogP contribution in [0.25, 0.3) is 27.5 Å². The van der Waals surface area contributed by atoms with Crippen molar-refractivity contribution in [2.75, 3.05) is 49.1 Å². The third-order valence-corrected chi connectivity index (χ3v) is 8.60. The van der Waals surface area contributed by atoms with Crippen LogP contribution in [0.15, 0.2) is 48.7 Å². The molecule has 192 valence electrons. The first-order chi connectivity index (χ1) is 18.1. The van der Waals surface area contributed by atoms with E-state index < -0.39 is 0 Å². The SMILES string of the molecule is CCN(CC)C1CN(c2nc(N3C[C@H]4CC[C@@H](C3)N4)c3ccc4c(ccn4-c4ccc(F)cc4)c3n2)C1. The summed E-state index contributed by atoms with van der Waals surface area (Å²) in [6.45, 7) is 10.5. The molecule has 7 rings (SSSR count). The molecule has 0 aliphatic carbocycles. The Kier molecular flexibility index (Phi) is 5.55. The van der Waals surface area contributed by atoms with Crippen molar-refractivity contribution in [2.45, 2.75) is 44.8 Å². The van der Waals surface area contributed by atoms with Gasteiger partial charge in [0.05, 0.1) is 11.0 Å². The van der Waals surface area contributed by atoms with Crippen molar-refractivity contribution in [1.29, 1.82) is 0 Å². The summed E-state index contributed by atoms with van der Waals surface area (Å²) in [7, 11) is 0. The predicted molar refractivity (Wildman–Crippen MR) is 147 cm³/mol. The van der Waals surface area contributed by atoms with Crippen LogP contribution in [0.2, 0.25) is 0 Å². The highest BCUT2D eigenvalue weighted by Gasteiger charge is 2.36. The Balaban J connectivity index is 1.34. The van der Waals surface area contributed by atoms with Crippen molar-refractivity contribution in [1.82, 2.24) is 24.8 Å². The zero-order chi connectivity index (χ0) is 25.1. The molecule has 3 aliphatic rings. The minimum atomic E-state index is -0.227. The lowest BCUT2D eigenvalue weighted by Gasteiger charge is -2.45. The summed E-state index contributed by atoms with van der Waals surface area (Å²) in [6.07, 6.45) is 4.53. The Bertz CT molecular complexity index is 1430. The Hall–Kier alpha value is -3.23. The van der Waals surface area contributed by atoms with Crippen molar-refractivity contribution >= 4 is 33.6 Å². The number of aromatic nitrogens is 3. The zero-order valence-electron chi connectivity index (χ0n) is 21.6. The van der Waals surface area contributed by atoms with E-state index in [9.17, 15) is 4.39 Å². The molecule has 2 aromatic heterocycles. The molecule has 2 bridgehead atoms. The fourth-order valence-electron chi connectivity index (χ4n) is 6.55. The summed E-state index contributed by atoms with van der Waals surface area (Å²) in [5, 5.41) is 5.96. The second-order valence-electron chi connectivity index (χ2n) is 10.7. The van der Waals surface area contributed by atoms with Crippen molar-refractivity contribution in [3.8, 4) is 5.69 Å². The molecule has 4 aromatic rings. The van der Waals surface area contributed by atoms with E-state index in [-0.39, 0.29) is 5.82 Å². The van der Waals surface area contributed by atoms with E-state index in [0.717, 1.165) is 78.5 Å². The maximum absolute atomic E-state index is 13.6. The molecule has 3 aliphatic heterocycles. The topological polar surface area (TPSA) is 52.5 Å². The van der Waals surface area contributed by atoms with Gasteiger partial charge in [-0.15, -0.1) is 0 Å². The number of rotatable bonds is 6. The van der Waals surface area contributed by atoms with Crippen LogP contribution in [0.1, 0.15) is 26.7 Å². The minimum absolute atomic E-state index is 0.227. The van der Waals surface area contributed by atoms with Crippen molar-refractivity contribution in [2.24, 2.45) is 0 Å². The summed E-state index contributed by atoms with van der Waals surface area (Å²) in [6, 6.07) is 14.8. The number of nitrogens with one attached hydrogen (secondary N) is 1. The van der Waals surface area contributed by atoms with Crippen LogP contribution in [0, 0.1) is 5.82 Å². The van der Waals surface area contributed by atoms with Crippen LogP contribution in [0.3, 0.4) is 0 Å². The average molecular weight is 500 g/mol. The second-order valence-corrected chi connectivity index (χ2v) is 10.7. The number of fused-ring (bicyclic) bond motifs is 5. The molecule has 0 unspecified atom stereocenters. The minimum Gasteiger partial charge on any atom is -0.353 e. The first kappa shape index (κ1) is 22.9. The van der Waals surface area contributed by atoms with Crippen molar-refractivity contribution in [3.63, 3.8) is 0 Å². The standard InChI is InChI=1S/C29H34FN7/c1-3-34(4-2)23-17-36(18-23)29-32-27-24-13-14-37(22-9-5-19(30)6-10-22)26(24)12-11-25(27)28(33-29)35-15-20-7-8-21(16-35)31-20/h5-6,9-14,20-21,23,31H,3-4,7-8,15-18H2,1-2H3/t20-,21+. The molecule has 1 N–H and O–H groups in total. The summed E-state index contributed by atoms with van der Waals surface area (Å²) in [4.78, 5) is 17.7. The fourth-order valence-corrected chi connectivity index (χ4v) is 6.55. The highest BCUT2D eigenvalue weighted by Crippen LogP contribution is 2.36. The monoisotopic (exact) mass is 499 g/mol. The van der Waals surface area contributed by atoms with Crippen LogP contribution in [-0.2, 0) is 0 Å². The van der Waals surface area contributed by atoms with Gasteiger partial charge in [0.1, 0.15) is 11.6 Å². The maximum atomic E-state index is 13.6. The first-order valence-corrected chi connectivity index (χ1v) is 13.7. The van der Waals surface area contributed by atoms with E-state index in [0.29, 0.717) is 18.1 Å². The lowest BCUT2D eigenvalue weighted by Crippen LogP contribution is -2.60. The number of likely N-dealkylation sites (N-methyl/N-ethyl adjacent to an activating group) is 1. The van der Waals surface area contributed by atoms with Crippen LogP contribution >= 0.6 is 0 Å². The predicted octanol–water partition coefficient (Wildman–Crippen LogP) is 4.18. The van der Waals surface area contributed by atoms with Crippen LogP contribution in [0.5, 0.6) is 0 Å². The highest BCUT2D eigenvalue weighted by atomic mass is 19.1. The quantitative estimate of drug-likeness (QED) is 0.430. The number of hydrogen-bond acceptors (Lipinski definition) is 6. The Morgan fingerprint density at radius 3 is 2.30 bits per heavy atom. The Labute approximate surface area is 216 Å². The average Bonchev–Trinajstić information content (AvgIpc) is 3.48. The van der Waals surface area contributed by atoms with Gasteiger partial charge in [0.2, 0.25) is 5.95 Å². The van der Waals surface area contributed by atoms with E-state index in [1.807, 2.05) is 12.1 Å². The molecule has 37 heavy (non-hydrogen) atoms. The van der Waals surface area contributed by atoms with Gasteiger partial charge in [0.25, 0.3) is 0 Å². The van der Waals surface area contributed by atoms with Crippen LogP contribution in [-0.4, -0.2) is 76.8 Å². The number of halogens is 1. The molecule has 2 atom stereocenters. The molecule has 3 saturated heterocycles. The molecule has 0 amide bonds. The normalized spacial score (nSPS) is 21.9. The van der Waals surface area contributed by atoms with Crippen LogP contribution in [0.4, 0.5) is 16.2 Å². The van der Waals surface area contributed by atoms with Gasteiger partial charge in [-0.2, -0.15) is 4.98 Å². The number of nitrogens with zero attached hydrogens (tertiary/aromatic N) is 6. The van der Waals surface area contributed by atoms with E-state index in [2.05, 4.69) is 62.8 Å². The molecular weight excluding hydrogens is 465 g/mol. The van der Waals surface area contributed by atoms with Gasteiger partial charge in [-0.05, 0) is 68.4 Å². The van der Waals surface area contributed by atoms with Gasteiger partial charge in [-0.1, -0.05) is 13.8 Å². The molecular formula is C29H34FN7. The first-order valence-electron chi connectivity index (χ1n) is 13.7. The molecule has 5 heterocycles. The Morgan fingerprint density at radius 2 is 1.59 bits per heavy atom. The molecule has 0 spiro atoms. The number of hydrogen-bond donors (Lipinski definition) is 1. The highest BCUT2D eigenvalue weighted by molar-refractivity contribution is 6.08. The molecule has 2 aromatic carbocycles. The Morgan fingerprint density at radius 1 is 0.865 bits per heavy atom. The van der Waals surface area contributed by atoms with Gasteiger partial charge >= 0.3 is 0 Å². The van der Waals surface area contributed by atoms with Gasteiger partial charge in [-0.3, -0.25) is 4.90 Å². The zero-order valence-corrected chi connectivity index (χ0v) is 21.6. The number of benzene rings is 2. The lowest BCUT2D eigenvalue weighted by molar-refractivity contribution is 0.182.